The smallest absolute Gasteiger partial charge is 0.164 e. The van der Waals surface area contributed by atoms with Crippen LogP contribution in [0.4, 0.5) is 10.1 Å². The van der Waals surface area contributed by atoms with Gasteiger partial charge in [-0.15, -0.1) is 0 Å². The van der Waals surface area contributed by atoms with E-state index >= 15 is 0 Å². The minimum absolute atomic E-state index is 0.146. The maximum Gasteiger partial charge on any atom is 0.164 e. The maximum atomic E-state index is 13.7. The minimum atomic E-state index is -0.466. The lowest BCUT2D eigenvalue weighted by atomic mass is 10.1. The highest BCUT2D eigenvalue weighted by molar-refractivity contribution is 5.99. The summed E-state index contributed by atoms with van der Waals surface area (Å²) < 4.78 is 13.7. The van der Waals surface area contributed by atoms with Crippen LogP contribution in [0.3, 0.4) is 0 Å². The van der Waals surface area contributed by atoms with Gasteiger partial charge in [0, 0.05) is 30.9 Å². The number of hydrogen-bond donors (Lipinski definition) is 1. The number of carbonyl (C=O) groups excluding carboxylic acids is 1. The van der Waals surface area contributed by atoms with Crippen LogP contribution in [0.15, 0.2) is 18.2 Å². The van der Waals surface area contributed by atoms with Gasteiger partial charge in [0.25, 0.3) is 0 Å². The predicted octanol–water partition coefficient (Wildman–Crippen LogP) is 3.56. The third kappa shape index (κ3) is 4.30. The average molecular weight is 280 g/mol. The van der Waals surface area contributed by atoms with E-state index < -0.39 is 5.82 Å². The van der Waals surface area contributed by atoms with Crippen molar-refractivity contribution in [3.63, 3.8) is 0 Å². The van der Waals surface area contributed by atoms with Gasteiger partial charge in [0.2, 0.25) is 0 Å². The number of rotatable bonds is 7. The van der Waals surface area contributed by atoms with Crippen LogP contribution in [-0.2, 0) is 0 Å². The number of nitrogens with one attached hydrogen (secondary N) is 1. The molecule has 4 heteroatoms. The van der Waals surface area contributed by atoms with E-state index in [1.54, 1.807) is 12.1 Å². The second-order valence-electron chi connectivity index (χ2n) is 5.57. The third-order valence-electron chi connectivity index (χ3n) is 3.38. The van der Waals surface area contributed by atoms with Crippen molar-refractivity contribution in [2.24, 2.45) is 0 Å². The maximum absolute atomic E-state index is 13.7. The number of ketones is 1. The van der Waals surface area contributed by atoms with Crippen molar-refractivity contribution in [3.8, 4) is 0 Å². The van der Waals surface area contributed by atoms with Gasteiger partial charge in [0.15, 0.2) is 5.78 Å². The van der Waals surface area contributed by atoms with Crippen molar-refractivity contribution >= 4 is 11.5 Å². The number of carbonyl (C=O) groups is 1. The molecule has 0 heterocycles. The Morgan fingerprint density at radius 3 is 2.35 bits per heavy atom. The Balaban J connectivity index is 2.71. The molecule has 1 aromatic carbocycles. The summed E-state index contributed by atoms with van der Waals surface area (Å²) in [6.45, 7) is 11.5. The molecule has 0 amide bonds. The van der Waals surface area contributed by atoms with Crippen LogP contribution in [0.2, 0.25) is 0 Å². The molecule has 0 aliphatic rings. The molecule has 112 valence electrons. The fourth-order valence-electron chi connectivity index (χ4n) is 2.46. The number of anilines is 1. The first-order chi connectivity index (χ1) is 9.34. The summed E-state index contributed by atoms with van der Waals surface area (Å²) >= 11 is 0. The van der Waals surface area contributed by atoms with E-state index in [-0.39, 0.29) is 11.3 Å². The SMILES string of the molecule is CC(=O)c1c(F)cccc1NCCN(C(C)C)C(C)C. The molecule has 0 aromatic heterocycles. The van der Waals surface area contributed by atoms with Crippen LogP contribution in [-0.4, -0.2) is 35.9 Å². The van der Waals surface area contributed by atoms with Crippen LogP contribution in [0.1, 0.15) is 45.0 Å². The summed E-state index contributed by atoms with van der Waals surface area (Å²) in [5.74, 6) is -0.720. The molecule has 1 rings (SSSR count). The highest BCUT2D eigenvalue weighted by Crippen LogP contribution is 2.19. The first-order valence-corrected chi connectivity index (χ1v) is 7.13. The topological polar surface area (TPSA) is 32.3 Å². The molecule has 0 atom stereocenters. The lowest BCUT2D eigenvalue weighted by Crippen LogP contribution is -2.40. The van der Waals surface area contributed by atoms with E-state index in [1.807, 2.05) is 0 Å². The first-order valence-electron chi connectivity index (χ1n) is 7.13. The summed E-state index contributed by atoms with van der Waals surface area (Å²) in [4.78, 5) is 13.9. The summed E-state index contributed by atoms with van der Waals surface area (Å²) in [5.41, 5.74) is 0.720. The van der Waals surface area contributed by atoms with Crippen molar-refractivity contribution < 1.29 is 9.18 Å². The highest BCUT2D eigenvalue weighted by atomic mass is 19.1. The number of benzene rings is 1. The van der Waals surface area contributed by atoms with Crippen molar-refractivity contribution in [1.29, 1.82) is 0 Å². The van der Waals surface area contributed by atoms with E-state index in [9.17, 15) is 9.18 Å². The first kappa shape index (κ1) is 16.6. The number of Topliss-reactive ketones (excluding diaryl/α,β-unsaturated/α-hetero) is 1. The average Bonchev–Trinajstić information content (AvgIpc) is 2.33. The largest absolute Gasteiger partial charge is 0.383 e. The molecule has 0 aliphatic carbocycles. The molecule has 0 aliphatic heterocycles. The Kier molecular flexibility index (Phi) is 6.14. The second kappa shape index (κ2) is 7.39. The van der Waals surface area contributed by atoms with Gasteiger partial charge in [-0.2, -0.15) is 0 Å². The Hall–Kier alpha value is -1.42. The summed E-state index contributed by atoms with van der Waals surface area (Å²) in [7, 11) is 0. The van der Waals surface area contributed by atoms with Gasteiger partial charge < -0.3 is 5.32 Å². The quantitative estimate of drug-likeness (QED) is 0.775. The van der Waals surface area contributed by atoms with Crippen LogP contribution in [0, 0.1) is 5.82 Å². The van der Waals surface area contributed by atoms with Gasteiger partial charge in [0.1, 0.15) is 5.82 Å². The van der Waals surface area contributed by atoms with Crippen molar-refractivity contribution in [3.05, 3.63) is 29.6 Å². The lowest BCUT2D eigenvalue weighted by Gasteiger charge is -2.30. The molecule has 1 N–H and O–H groups in total. The van der Waals surface area contributed by atoms with E-state index in [0.717, 1.165) is 6.54 Å². The monoisotopic (exact) mass is 280 g/mol. The van der Waals surface area contributed by atoms with Crippen molar-refractivity contribution in [1.82, 2.24) is 4.90 Å². The number of hydrogen-bond acceptors (Lipinski definition) is 3. The zero-order valence-electron chi connectivity index (χ0n) is 13.0. The molecule has 0 unspecified atom stereocenters. The molecule has 1 aromatic rings. The van der Waals surface area contributed by atoms with Crippen LogP contribution in [0.25, 0.3) is 0 Å². The van der Waals surface area contributed by atoms with Crippen molar-refractivity contribution in [2.45, 2.75) is 46.7 Å². The van der Waals surface area contributed by atoms with E-state index in [2.05, 4.69) is 37.9 Å². The molecule has 3 nitrogen and oxygen atoms in total. The molecule has 0 fully saturated rings. The zero-order valence-corrected chi connectivity index (χ0v) is 13.0. The lowest BCUT2D eigenvalue weighted by molar-refractivity contribution is 0.101. The second-order valence-corrected chi connectivity index (χ2v) is 5.57. The van der Waals surface area contributed by atoms with E-state index in [0.29, 0.717) is 24.3 Å². The van der Waals surface area contributed by atoms with Gasteiger partial charge in [-0.25, -0.2) is 4.39 Å². The van der Waals surface area contributed by atoms with E-state index in [1.165, 1.54) is 13.0 Å². The standard InChI is InChI=1S/C16H25FN2O/c1-11(2)19(12(3)4)10-9-18-15-8-6-7-14(17)16(15)13(5)20/h6-8,11-12,18H,9-10H2,1-5H3. The zero-order chi connectivity index (χ0) is 15.3. The molecular weight excluding hydrogens is 255 g/mol. The highest BCUT2D eigenvalue weighted by Gasteiger charge is 2.15. The molecule has 0 spiro atoms. The number of halogens is 1. The van der Waals surface area contributed by atoms with Crippen LogP contribution >= 0.6 is 0 Å². The fraction of sp³-hybridized carbons (Fsp3) is 0.562. The van der Waals surface area contributed by atoms with Gasteiger partial charge in [-0.1, -0.05) is 6.07 Å². The van der Waals surface area contributed by atoms with Crippen LogP contribution in [0.5, 0.6) is 0 Å². The van der Waals surface area contributed by atoms with Crippen molar-refractivity contribution in [2.75, 3.05) is 18.4 Å². The Bertz CT molecular complexity index is 450. The van der Waals surface area contributed by atoms with E-state index in [4.69, 9.17) is 0 Å². The molecule has 0 saturated heterocycles. The molecule has 0 bridgehead atoms. The third-order valence-corrected chi connectivity index (χ3v) is 3.38. The Labute approximate surface area is 121 Å². The molecule has 20 heavy (non-hydrogen) atoms. The summed E-state index contributed by atoms with van der Waals surface area (Å²) in [6, 6.07) is 5.59. The molecule has 0 saturated carbocycles. The van der Waals surface area contributed by atoms with Gasteiger partial charge in [-0.05, 0) is 46.8 Å². The fourth-order valence-corrected chi connectivity index (χ4v) is 2.46. The molecular formula is C16H25FN2O. The van der Waals surface area contributed by atoms with Gasteiger partial charge >= 0.3 is 0 Å². The number of nitrogens with zero attached hydrogens (tertiary/aromatic N) is 1. The Morgan fingerprint density at radius 1 is 1.25 bits per heavy atom. The molecule has 0 radical (unpaired) electrons. The van der Waals surface area contributed by atoms with Gasteiger partial charge in [0.05, 0.1) is 5.56 Å². The summed E-state index contributed by atoms with van der Waals surface area (Å²) in [5, 5.41) is 3.17. The Morgan fingerprint density at radius 2 is 1.85 bits per heavy atom. The normalized spacial score (nSPS) is 11.4. The summed E-state index contributed by atoms with van der Waals surface area (Å²) in [6.07, 6.45) is 0. The van der Waals surface area contributed by atoms with Gasteiger partial charge in [-0.3, -0.25) is 9.69 Å². The van der Waals surface area contributed by atoms with Crippen LogP contribution < -0.4 is 5.32 Å². The minimum Gasteiger partial charge on any atom is -0.383 e. The predicted molar refractivity (Wildman–Crippen MR) is 81.9 cm³/mol.